The summed E-state index contributed by atoms with van der Waals surface area (Å²) in [4.78, 5) is 22.9. The molecule has 5 nitrogen and oxygen atoms in total. The lowest BCUT2D eigenvalue weighted by molar-refractivity contribution is -0.148. The van der Waals surface area contributed by atoms with E-state index in [2.05, 4.69) is 0 Å². The Morgan fingerprint density at radius 3 is 2.38 bits per heavy atom. The van der Waals surface area contributed by atoms with E-state index in [0.717, 1.165) is 5.56 Å². The van der Waals surface area contributed by atoms with Gasteiger partial charge in [0.2, 0.25) is 0 Å². The highest BCUT2D eigenvalue weighted by molar-refractivity contribution is 5.76. The van der Waals surface area contributed by atoms with Gasteiger partial charge in [0.05, 0.1) is 5.92 Å². The number of nitrogens with two attached hydrogens (primary N) is 1. The lowest BCUT2D eigenvalue weighted by atomic mass is 9.79. The molecule has 0 spiro atoms. The van der Waals surface area contributed by atoms with E-state index in [1.807, 2.05) is 30.3 Å². The van der Waals surface area contributed by atoms with Crippen molar-refractivity contribution in [3.05, 3.63) is 35.9 Å². The molecule has 21 heavy (non-hydrogen) atoms. The molecule has 0 bridgehead atoms. The first kappa shape index (κ1) is 15.5. The monoisotopic (exact) mass is 291 g/mol. The number of aliphatic carboxylic acids is 1. The highest BCUT2D eigenvalue weighted by atomic mass is 16.5. The fourth-order valence-electron chi connectivity index (χ4n) is 2.74. The molecule has 0 aromatic heterocycles. The average molecular weight is 291 g/mol. The van der Waals surface area contributed by atoms with E-state index in [9.17, 15) is 9.59 Å². The van der Waals surface area contributed by atoms with Crippen LogP contribution in [0.1, 0.15) is 31.2 Å². The molecule has 1 aliphatic carbocycles. The number of carboxylic acids is 1. The number of rotatable bonds is 5. The third-order valence-electron chi connectivity index (χ3n) is 4.13. The molecule has 1 atom stereocenters. The summed E-state index contributed by atoms with van der Waals surface area (Å²) in [6.45, 7) is 0.220. The maximum absolute atomic E-state index is 12.0. The molecule has 1 aromatic carbocycles. The SMILES string of the molecule is NC(C(=O)OCc1ccccc1)C1CCC(C(=O)O)CC1. The molecule has 0 heterocycles. The number of carboxylic acid groups (broad SMARTS) is 1. The molecule has 114 valence electrons. The third kappa shape index (κ3) is 4.29. The Morgan fingerprint density at radius 2 is 1.81 bits per heavy atom. The van der Waals surface area contributed by atoms with E-state index in [-0.39, 0.29) is 18.4 Å². The molecule has 0 aliphatic heterocycles. The van der Waals surface area contributed by atoms with Gasteiger partial charge in [-0.05, 0) is 37.2 Å². The normalized spacial score (nSPS) is 23.3. The van der Waals surface area contributed by atoms with Crippen LogP contribution in [0, 0.1) is 11.8 Å². The van der Waals surface area contributed by atoms with Gasteiger partial charge in [-0.1, -0.05) is 30.3 Å². The zero-order valence-electron chi connectivity index (χ0n) is 11.9. The molecule has 2 rings (SSSR count). The Kier molecular flexibility index (Phi) is 5.33. The highest BCUT2D eigenvalue weighted by Crippen LogP contribution is 2.30. The van der Waals surface area contributed by atoms with Crippen molar-refractivity contribution >= 4 is 11.9 Å². The van der Waals surface area contributed by atoms with Crippen LogP contribution in [0.5, 0.6) is 0 Å². The lowest BCUT2D eigenvalue weighted by Gasteiger charge is -2.29. The zero-order chi connectivity index (χ0) is 15.2. The van der Waals surface area contributed by atoms with E-state index in [0.29, 0.717) is 25.7 Å². The first-order valence-electron chi connectivity index (χ1n) is 7.27. The standard InChI is InChI=1S/C16H21NO4/c17-14(12-6-8-13(9-7-12)15(18)19)16(20)21-10-11-4-2-1-3-5-11/h1-5,12-14H,6-10,17H2,(H,18,19). The molecule has 1 aromatic rings. The van der Waals surface area contributed by atoms with Crippen molar-refractivity contribution < 1.29 is 19.4 Å². The first-order chi connectivity index (χ1) is 10.1. The zero-order valence-corrected chi connectivity index (χ0v) is 11.9. The minimum atomic E-state index is -0.756. The molecule has 0 saturated heterocycles. The highest BCUT2D eigenvalue weighted by Gasteiger charge is 2.32. The molecular weight excluding hydrogens is 270 g/mol. The van der Waals surface area contributed by atoms with Crippen LogP contribution in [-0.2, 0) is 20.9 Å². The molecule has 5 heteroatoms. The van der Waals surface area contributed by atoms with Crippen molar-refractivity contribution in [2.24, 2.45) is 17.6 Å². The molecule has 0 radical (unpaired) electrons. The summed E-state index contributed by atoms with van der Waals surface area (Å²) < 4.78 is 5.24. The van der Waals surface area contributed by atoms with Crippen molar-refractivity contribution in [1.29, 1.82) is 0 Å². The molecule has 1 saturated carbocycles. The van der Waals surface area contributed by atoms with Gasteiger partial charge in [0.15, 0.2) is 0 Å². The Bertz CT molecular complexity index is 480. The second-order valence-electron chi connectivity index (χ2n) is 5.57. The number of benzene rings is 1. The first-order valence-corrected chi connectivity index (χ1v) is 7.27. The molecule has 0 amide bonds. The summed E-state index contributed by atoms with van der Waals surface area (Å²) in [7, 11) is 0. The topological polar surface area (TPSA) is 89.6 Å². The number of hydrogen-bond acceptors (Lipinski definition) is 4. The van der Waals surface area contributed by atoms with Gasteiger partial charge in [0, 0.05) is 0 Å². The van der Waals surface area contributed by atoms with Crippen molar-refractivity contribution in [1.82, 2.24) is 0 Å². The number of carbonyl (C=O) groups excluding carboxylic acids is 1. The van der Waals surface area contributed by atoms with Crippen molar-refractivity contribution in [3.8, 4) is 0 Å². The summed E-state index contributed by atoms with van der Waals surface area (Å²) in [5.74, 6) is -1.44. The van der Waals surface area contributed by atoms with Crippen LogP contribution in [-0.4, -0.2) is 23.1 Å². The van der Waals surface area contributed by atoms with Crippen LogP contribution in [0.15, 0.2) is 30.3 Å². The number of ether oxygens (including phenoxy) is 1. The van der Waals surface area contributed by atoms with Crippen LogP contribution in [0.3, 0.4) is 0 Å². The van der Waals surface area contributed by atoms with Crippen molar-refractivity contribution in [2.45, 2.75) is 38.3 Å². The molecule has 3 N–H and O–H groups in total. The van der Waals surface area contributed by atoms with Gasteiger partial charge in [0.25, 0.3) is 0 Å². The number of carbonyl (C=O) groups is 2. The second-order valence-corrected chi connectivity index (χ2v) is 5.57. The molecular formula is C16H21NO4. The van der Waals surface area contributed by atoms with Gasteiger partial charge >= 0.3 is 11.9 Å². The van der Waals surface area contributed by atoms with Gasteiger partial charge < -0.3 is 15.6 Å². The summed E-state index contributed by atoms with van der Waals surface area (Å²) in [5, 5.41) is 8.96. The minimum Gasteiger partial charge on any atom is -0.481 e. The maximum Gasteiger partial charge on any atom is 0.323 e. The fourth-order valence-corrected chi connectivity index (χ4v) is 2.74. The minimum absolute atomic E-state index is 0.0175. The summed E-state index contributed by atoms with van der Waals surface area (Å²) >= 11 is 0. The Hall–Kier alpha value is -1.88. The Morgan fingerprint density at radius 1 is 1.19 bits per heavy atom. The largest absolute Gasteiger partial charge is 0.481 e. The van der Waals surface area contributed by atoms with Gasteiger partial charge in [-0.2, -0.15) is 0 Å². The van der Waals surface area contributed by atoms with E-state index in [1.54, 1.807) is 0 Å². The van der Waals surface area contributed by atoms with Crippen LogP contribution in [0.2, 0.25) is 0 Å². The van der Waals surface area contributed by atoms with Crippen LogP contribution in [0.4, 0.5) is 0 Å². The smallest absolute Gasteiger partial charge is 0.323 e. The Labute approximate surface area is 124 Å². The predicted octanol–water partition coefficient (Wildman–Crippen LogP) is 1.95. The quantitative estimate of drug-likeness (QED) is 0.809. The average Bonchev–Trinajstić information content (AvgIpc) is 2.53. The van der Waals surface area contributed by atoms with E-state index in [1.165, 1.54) is 0 Å². The summed E-state index contributed by atoms with van der Waals surface area (Å²) in [6.07, 6.45) is 2.50. The fraction of sp³-hybridized carbons (Fsp3) is 0.500. The van der Waals surface area contributed by atoms with Gasteiger partial charge in [0.1, 0.15) is 12.6 Å². The molecule has 1 fully saturated rings. The van der Waals surface area contributed by atoms with Crippen LogP contribution < -0.4 is 5.73 Å². The lowest BCUT2D eigenvalue weighted by Crippen LogP contribution is -2.41. The predicted molar refractivity (Wildman–Crippen MR) is 77.3 cm³/mol. The molecule has 1 unspecified atom stereocenters. The van der Waals surface area contributed by atoms with Crippen molar-refractivity contribution in [2.75, 3.05) is 0 Å². The maximum atomic E-state index is 12.0. The number of hydrogen-bond donors (Lipinski definition) is 2. The van der Waals surface area contributed by atoms with E-state index < -0.39 is 18.0 Å². The van der Waals surface area contributed by atoms with Crippen molar-refractivity contribution in [3.63, 3.8) is 0 Å². The summed E-state index contributed by atoms with van der Waals surface area (Å²) in [6, 6.07) is 8.78. The van der Waals surface area contributed by atoms with Crippen LogP contribution >= 0.6 is 0 Å². The van der Waals surface area contributed by atoms with E-state index in [4.69, 9.17) is 15.6 Å². The molecule has 1 aliphatic rings. The second kappa shape index (κ2) is 7.22. The number of esters is 1. The Balaban J connectivity index is 1.79. The van der Waals surface area contributed by atoms with Gasteiger partial charge in [-0.25, -0.2) is 0 Å². The van der Waals surface area contributed by atoms with Gasteiger partial charge in [-0.15, -0.1) is 0 Å². The third-order valence-corrected chi connectivity index (χ3v) is 4.13. The van der Waals surface area contributed by atoms with E-state index >= 15 is 0 Å². The van der Waals surface area contributed by atoms with Gasteiger partial charge in [-0.3, -0.25) is 9.59 Å². The van der Waals surface area contributed by atoms with Crippen LogP contribution in [0.25, 0.3) is 0 Å². The summed E-state index contributed by atoms with van der Waals surface area (Å²) in [5.41, 5.74) is 6.88.